The maximum absolute atomic E-state index is 4.12. The van der Waals surface area contributed by atoms with Crippen molar-refractivity contribution in [3.63, 3.8) is 0 Å². The van der Waals surface area contributed by atoms with E-state index in [9.17, 15) is 0 Å². The molecule has 0 fully saturated rings. The van der Waals surface area contributed by atoms with Crippen molar-refractivity contribution in [2.24, 2.45) is 0 Å². The molecule has 104 valence electrons. The van der Waals surface area contributed by atoms with Crippen LogP contribution < -0.4 is 20.9 Å². The number of nitrogens with one attached hydrogen (secondary N) is 1. The fourth-order valence-corrected chi connectivity index (χ4v) is 1.94. The van der Waals surface area contributed by atoms with Crippen LogP contribution in [-0.4, -0.2) is 0 Å². The summed E-state index contributed by atoms with van der Waals surface area (Å²) in [5.74, 6) is 0. The Morgan fingerprint density at radius 3 is 2.33 bits per heavy atom. The number of rotatable bonds is 0. The molecule has 2 aliphatic heterocycles. The SMILES string of the molecule is C1=Cc2ccccc2[N]1.[CH3-].[CH3-].[CH]1C=c2ccccc2=[NH+]1.[Ti+2]. The summed E-state index contributed by atoms with van der Waals surface area (Å²) in [5, 5.41) is 6.60. The molecular weight excluding hydrogens is 292 g/mol. The molecule has 2 aromatic carbocycles. The quantitative estimate of drug-likeness (QED) is 0.558. The van der Waals surface area contributed by atoms with Crippen molar-refractivity contribution in [1.29, 1.82) is 0 Å². The number of hydrogen-bond donors (Lipinski definition) is 1. The molecule has 2 nitrogen and oxygen atoms in total. The molecule has 2 aliphatic rings. The second-order valence-corrected chi connectivity index (χ2v) is 4.07. The largest absolute Gasteiger partial charge is 2.00 e. The minimum Gasteiger partial charge on any atom is -0.358 e. The van der Waals surface area contributed by atoms with Gasteiger partial charge in [0.25, 0.3) is 0 Å². The molecule has 4 rings (SSSR count). The molecule has 0 aromatic heterocycles. The van der Waals surface area contributed by atoms with Gasteiger partial charge < -0.3 is 14.9 Å². The second kappa shape index (κ2) is 9.33. The van der Waals surface area contributed by atoms with Crippen LogP contribution in [0.4, 0.5) is 5.69 Å². The molecule has 0 amide bonds. The van der Waals surface area contributed by atoms with Gasteiger partial charge in [-0.25, -0.2) is 4.99 Å². The molecule has 0 saturated carbocycles. The van der Waals surface area contributed by atoms with Crippen molar-refractivity contribution >= 4 is 17.8 Å². The van der Waals surface area contributed by atoms with Crippen LogP contribution in [0.25, 0.3) is 12.2 Å². The maximum atomic E-state index is 4.12. The Balaban J connectivity index is 0.000000333. The average Bonchev–Trinajstić information content (AvgIpc) is 3.08. The van der Waals surface area contributed by atoms with Gasteiger partial charge in [0.2, 0.25) is 11.9 Å². The monoisotopic (exact) mass is 311 g/mol. The maximum Gasteiger partial charge on any atom is 2.00 e. The van der Waals surface area contributed by atoms with E-state index in [0.29, 0.717) is 0 Å². The third-order valence-electron chi connectivity index (χ3n) is 2.87. The number of fused-ring (bicyclic) bond motifs is 2. The van der Waals surface area contributed by atoms with Crippen LogP contribution in [0, 0.1) is 21.4 Å². The van der Waals surface area contributed by atoms with Crippen LogP contribution in [0.15, 0.2) is 54.7 Å². The zero-order chi connectivity index (χ0) is 12.2. The van der Waals surface area contributed by atoms with Gasteiger partial charge >= 0.3 is 21.7 Å². The van der Waals surface area contributed by atoms with Crippen molar-refractivity contribution in [2.75, 3.05) is 0 Å². The molecule has 2 heterocycles. The van der Waals surface area contributed by atoms with Gasteiger partial charge in [0, 0.05) is 29.1 Å². The molecule has 0 unspecified atom stereocenters. The van der Waals surface area contributed by atoms with Crippen LogP contribution >= 0.6 is 0 Å². The van der Waals surface area contributed by atoms with Gasteiger partial charge in [-0.05, 0) is 18.2 Å². The van der Waals surface area contributed by atoms with Crippen molar-refractivity contribution in [1.82, 2.24) is 5.32 Å². The topological polar surface area (TPSA) is 28.1 Å². The van der Waals surface area contributed by atoms with E-state index in [1.807, 2.05) is 49.2 Å². The van der Waals surface area contributed by atoms with Crippen LogP contribution in [0.1, 0.15) is 5.56 Å². The molecule has 3 heteroatoms. The first-order valence-corrected chi connectivity index (χ1v) is 5.92. The Labute approximate surface area is 142 Å². The first kappa shape index (κ1) is 19.4. The Hall–Kier alpha value is -1.64. The fourth-order valence-electron chi connectivity index (χ4n) is 1.94. The van der Waals surface area contributed by atoms with E-state index in [1.54, 1.807) is 0 Å². The fraction of sp³-hybridized carbons (Fsp3) is 0. The Bertz CT molecular complexity index is 672. The van der Waals surface area contributed by atoms with E-state index in [0.717, 1.165) is 5.69 Å². The van der Waals surface area contributed by atoms with Crippen LogP contribution in [-0.2, 0) is 21.7 Å². The molecule has 0 spiro atoms. The van der Waals surface area contributed by atoms with E-state index in [4.69, 9.17) is 0 Å². The number of hydrogen-bond acceptors (Lipinski definition) is 0. The number of benzene rings is 2. The van der Waals surface area contributed by atoms with Crippen LogP contribution in [0.5, 0.6) is 0 Å². The Kier molecular flexibility index (Phi) is 8.60. The van der Waals surface area contributed by atoms with Gasteiger partial charge in [0.15, 0.2) is 0 Å². The van der Waals surface area contributed by atoms with Gasteiger partial charge in [-0.3, -0.25) is 5.32 Å². The Morgan fingerprint density at radius 2 is 1.57 bits per heavy atom. The third kappa shape index (κ3) is 4.70. The predicted octanol–water partition coefficient (Wildman–Crippen LogP) is 1.15. The zero-order valence-electron chi connectivity index (χ0n) is 12.4. The van der Waals surface area contributed by atoms with Crippen molar-refractivity contribution in [3.05, 3.63) is 92.3 Å². The van der Waals surface area contributed by atoms with Crippen LogP contribution in [0.3, 0.4) is 0 Å². The van der Waals surface area contributed by atoms with E-state index in [1.165, 1.54) is 16.1 Å². The molecule has 1 N–H and O–H groups in total. The van der Waals surface area contributed by atoms with Crippen molar-refractivity contribution in [2.45, 2.75) is 0 Å². The van der Waals surface area contributed by atoms with E-state index in [2.05, 4.69) is 34.6 Å². The summed E-state index contributed by atoms with van der Waals surface area (Å²) in [7, 11) is 0. The number of para-hydroxylation sites is 2. The van der Waals surface area contributed by atoms with Gasteiger partial charge in [-0.15, -0.1) is 0 Å². The van der Waals surface area contributed by atoms with Gasteiger partial charge in [0.1, 0.15) is 0 Å². The van der Waals surface area contributed by atoms with Gasteiger partial charge in [-0.1, -0.05) is 30.3 Å². The molecule has 0 bridgehead atoms. The van der Waals surface area contributed by atoms with Gasteiger partial charge in [0.05, 0.1) is 5.69 Å². The molecule has 0 aliphatic carbocycles. The minimum atomic E-state index is 0. The normalized spacial score (nSPS) is 11.4. The summed E-state index contributed by atoms with van der Waals surface area (Å²) in [5.41, 5.74) is 2.30. The average molecular weight is 311 g/mol. The minimum absolute atomic E-state index is 0. The van der Waals surface area contributed by atoms with Crippen LogP contribution in [0.2, 0.25) is 0 Å². The molecule has 0 atom stereocenters. The summed E-state index contributed by atoms with van der Waals surface area (Å²) in [6.45, 7) is 1.95. The second-order valence-electron chi connectivity index (χ2n) is 4.07. The summed E-state index contributed by atoms with van der Waals surface area (Å²) in [4.78, 5) is 3.12. The summed E-state index contributed by atoms with van der Waals surface area (Å²) < 4.78 is 0. The van der Waals surface area contributed by atoms with Crippen molar-refractivity contribution in [3.8, 4) is 0 Å². The first-order chi connectivity index (χ1) is 8.93. The van der Waals surface area contributed by atoms with E-state index < -0.39 is 0 Å². The molecule has 21 heavy (non-hydrogen) atoms. The molecule has 2 radical (unpaired) electrons. The molecule has 0 saturated heterocycles. The number of nitrogens with zero attached hydrogens (tertiary/aromatic N) is 1. The first-order valence-electron chi connectivity index (χ1n) is 5.92. The standard InChI is InChI=1S/C8H7N.C8H6N.2CH3.Ti/c2*1-2-4-8-7(3-1)5-6-9-8;;;/h1-6,9H;1-6H;2*1H3;/q+1;;2*-1;+2. The van der Waals surface area contributed by atoms with Gasteiger partial charge in [-0.2, -0.15) is 0 Å². The predicted molar refractivity (Wildman–Crippen MR) is 84.6 cm³/mol. The van der Waals surface area contributed by atoms with E-state index in [-0.39, 0.29) is 36.6 Å². The summed E-state index contributed by atoms with van der Waals surface area (Å²) in [6.07, 6.45) is 5.90. The zero-order valence-corrected chi connectivity index (χ0v) is 13.9. The van der Waals surface area contributed by atoms with Crippen molar-refractivity contribution < 1.29 is 26.7 Å². The summed E-state index contributed by atoms with van der Waals surface area (Å²) >= 11 is 0. The Morgan fingerprint density at radius 1 is 0.857 bits per heavy atom. The molecular formula is C18H19N2Ti+. The molecule has 2 aromatic rings. The smallest absolute Gasteiger partial charge is 0.358 e. The van der Waals surface area contributed by atoms with E-state index >= 15 is 0 Å². The summed E-state index contributed by atoms with van der Waals surface area (Å²) in [6, 6.07) is 16.3. The third-order valence-corrected chi connectivity index (χ3v) is 2.87.